The van der Waals surface area contributed by atoms with Crippen LogP contribution in [-0.2, 0) is 4.79 Å². The molecule has 0 bridgehead atoms. The number of piperidine rings is 1. The molecule has 0 atom stereocenters. The van der Waals surface area contributed by atoms with E-state index in [1.54, 1.807) is 12.4 Å². The highest BCUT2D eigenvalue weighted by atomic mass is 16.1. The molecule has 0 unspecified atom stereocenters. The van der Waals surface area contributed by atoms with Gasteiger partial charge in [0.05, 0.1) is 24.2 Å². The Kier molecular flexibility index (Phi) is 3.90. The highest BCUT2D eigenvalue weighted by Crippen LogP contribution is 2.31. The minimum Gasteiger partial charge on any atom is -0.370 e. The Labute approximate surface area is 143 Å². The van der Waals surface area contributed by atoms with Crippen molar-refractivity contribution in [2.24, 2.45) is 0 Å². The fourth-order valence-electron chi connectivity index (χ4n) is 3.41. The van der Waals surface area contributed by atoms with Gasteiger partial charge in [-0.25, -0.2) is 4.98 Å². The van der Waals surface area contributed by atoms with E-state index in [0.717, 1.165) is 53.6 Å². The second kappa shape index (κ2) is 6.36. The lowest BCUT2D eigenvalue weighted by atomic mass is 10.0. The second-order valence-electron chi connectivity index (χ2n) is 6.15. The van der Waals surface area contributed by atoms with Crippen molar-refractivity contribution in [3.8, 4) is 6.07 Å². The number of aromatic amines is 1. The Morgan fingerprint density at radius 1 is 1.40 bits per heavy atom. The number of carbonyl (C=O) groups excluding carboxylic acids is 1. The number of nitriles is 1. The van der Waals surface area contributed by atoms with Crippen LogP contribution in [0.25, 0.3) is 21.9 Å². The number of nitrogens with zero attached hydrogens (tertiary/aromatic N) is 5. The molecule has 1 amide bonds. The van der Waals surface area contributed by atoms with Gasteiger partial charge in [0.2, 0.25) is 5.91 Å². The molecule has 1 aliphatic rings. The van der Waals surface area contributed by atoms with E-state index < -0.39 is 0 Å². The molecular weight excluding hydrogens is 318 g/mol. The molecule has 3 aromatic rings. The number of aromatic nitrogens is 4. The zero-order chi connectivity index (χ0) is 17.2. The number of anilines is 1. The standard InChI is InChI=1S/C17H17N7O/c18-5-1-15(25)22-11-3-7-24(8-4-11)14-10-21-23-13-9-20-17-12(16(13)14)2-6-19-17/h2,6,9-11H,1,3-4,7-8H2,(H,19,20)(H,22,25). The Morgan fingerprint density at radius 2 is 2.24 bits per heavy atom. The summed E-state index contributed by atoms with van der Waals surface area (Å²) < 4.78 is 0. The number of pyridine rings is 1. The van der Waals surface area contributed by atoms with Crippen LogP contribution in [0.4, 0.5) is 5.69 Å². The summed E-state index contributed by atoms with van der Waals surface area (Å²) in [5.41, 5.74) is 2.65. The molecule has 1 fully saturated rings. The molecule has 8 heteroatoms. The van der Waals surface area contributed by atoms with Crippen molar-refractivity contribution >= 4 is 33.5 Å². The third kappa shape index (κ3) is 2.85. The summed E-state index contributed by atoms with van der Waals surface area (Å²) in [5, 5.41) is 21.9. The van der Waals surface area contributed by atoms with Crippen LogP contribution in [0.2, 0.25) is 0 Å². The second-order valence-corrected chi connectivity index (χ2v) is 6.15. The van der Waals surface area contributed by atoms with Gasteiger partial charge in [-0.1, -0.05) is 0 Å². The quantitative estimate of drug-likeness (QED) is 0.750. The van der Waals surface area contributed by atoms with Crippen LogP contribution in [0.15, 0.2) is 24.7 Å². The van der Waals surface area contributed by atoms with Crippen molar-refractivity contribution in [1.29, 1.82) is 5.26 Å². The number of nitrogens with one attached hydrogen (secondary N) is 2. The Morgan fingerprint density at radius 3 is 3.04 bits per heavy atom. The van der Waals surface area contributed by atoms with Gasteiger partial charge < -0.3 is 15.2 Å². The van der Waals surface area contributed by atoms with Crippen molar-refractivity contribution in [3.63, 3.8) is 0 Å². The minimum absolute atomic E-state index is 0.0857. The molecule has 2 N–H and O–H groups in total. The number of carbonyl (C=O) groups is 1. The smallest absolute Gasteiger partial charge is 0.234 e. The topological polar surface area (TPSA) is 111 Å². The normalized spacial score (nSPS) is 15.4. The van der Waals surface area contributed by atoms with Crippen LogP contribution < -0.4 is 10.2 Å². The van der Waals surface area contributed by atoms with E-state index in [1.807, 2.05) is 18.3 Å². The van der Waals surface area contributed by atoms with E-state index in [0.29, 0.717) is 0 Å². The van der Waals surface area contributed by atoms with Crippen LogP contribution in [-0.4, -0.2) is 45.2 Å². The average molecular weight is 335 g/mol. The third-order valence-corrected chi connectivity index (χ3v) is 4.61. The Hall–Kier alpha value is -3.21. The maximum atomic E-state index is 11.6. The van der Waals surface area contributed by atoms with E-state index in [9.17, 15) is 4.79 Å². The van der Waals surface area contributed by atoms with Crippen LogP contribution in [0, 0.1) is 11.3 Å². The van der Waals surface area contributed by atoms with Gasteiger partial charge in [0.15, 0.2) is 0 Å². The lowest BCUT2D eigenvalue weighted by Crippen LogP contribution is -2.44. The van der Waals surface area contributed by atoms with Crippen molar-refractivity contribution < 1.29 is 4.79 Å². The first-order valence-electron chi connectivity index (χ1n) is 8.25. The fourth-order valence-corrected chi connectivity index (χ4v) is 3.41. The number of amides is 1. The van der Waals surface area contributed by atoms with Crippen LogP contribution in [0.3, 0.4) is 0 Å². The number of hydrogen-bond donors (Lipinski definition) is 2. The molecule has 1 aliphatic heterocycles. The monoisotopic (exact) mass is 335 g/mol. The molecule has 0 spiro atoms. The van der Waals surface area contributed by atoms with E-state index in [4.69, 9.17) is 5.26 Å². The summed E-state index contributed by atoms with van der Waals surface area (Å²) in [5.74, 6) is -0.197. The fraction of sp³-hybridized carbons (Fsp3) is 0.353. The summed E-state index contributed by atoms with van der Waals surface area (Å²) >= 11 is 0. The first-order valence-corrected chi connectivity index (χ1v) is 8.25. The molecule has 4 rings (SSSR count). The highest BCUT2D eigenvalue weighted by molar-refractivity contribution is 6.09. The predicted molar refractivity (Wildman–Crippen MR) is 92.8 cm³/mol. The van der Waals surface area contributed by atoms with Crippen molar-refractivity contribution in [2.45, 2.75) is 25.3 Å². The summed E-state index contributed by atoms with van der Waals surface area (Å²) in [7, 11) is 0. The van der Waals surface area contributed by atoms with Crippen molar-refractivity contribution in [2.75, 3.05) is 18.0 Å². The maximum Gasteiger partial charge on any atom is 0.234 e. The van der Waals surface area contributed by atoms with Crippen LogP contribution >= 0.6 is 0 Å². The van der Waals surface area contributed by atoms with Crippen LogP contribution in [0.1, 0.15) is 19.3 Å². The Balaban J connectivity index is 1.58. The largest absolute Gasteiger partial charge is 0.370 e. The lowest BCUT2D eigenvalue weighted by molar-refractivity contribution is -0.120. The van der Waals surface area contributed by atoms with Crippen molar-refractivity contribution in [3.05, 3.63) is 24.7 Å². The number of H-pyrrole nitrogens is 1. The summed E-state index contributed by atoms with van der Waals surface area (Å²) in [6.45, 7) is 1.62. The molecule has 4 heterocycles. The van der Waals surface area contributed by atoms with Gasteiger partial charge in [-0.15, -0.1) is 5.10 Å². The predicted octanol–water partition coefficient (Wildman–Crippen LogP) is 1.50. The summed E-state index contributed by atoms with van der Waals surface area (Å²) in [6, 6.07) is 4.00. The van der Waals surface area contributed by atoms with E-state index in [1.165, 1.54) is 0 Å². The van der Waals surface area contributed by atoms with Crippen LogP contribution in [0.5, 0.6) is 0 Å². The molecule has 0 radical (unpaired) electrons. The SMILES string of the molecule is N#CCC(=O)NC1CCN(c2cnnc3cnc4[nH]ccc4c23)CC1. The van der Waals surface area contributed by atoms with Gasteiger partial charge in [-0.3, -0.25) is 4.79 Å². The molecule has 3 aromatic heterocycles. The summed E-state index contributed by atoms with van der Waals surface area (Å²) in [6.07, 6.45) is 6.99. The van der Waals surface area contributed by atoms with E-state index >= 15 is 0 Å². The zero-order valence-electron chi connectivity index (χ0n) is 13.6. The lowest BCUT2D eigenvalue weighted by Gasteiger charge is -2.34. The van der Waals surface area contributed by atoms with Gasteiger partial charge in [0.25, 0.3) is 0 Å². The highest BCUT2D eigenvalue weighted by Gasteiger charge is 2.23. The number of rotatable bonds is 3. The van der Waals surface area contributed by atoms with Crippen molar-refractivity contribution in [1.82, 2.24) is 25.5 Å². The summed E-state index contributed by atoms with van der Waals surface area (Å²) in [4.78, 5) is 21.4. The van der Waals surface area contributed by atoms with Gasteiger partial charge in [-0.2, -0.15) is 10.4 Å². The molecule has 8 nitrogen and oxygen atoms in total. The van der Waals surface area contributed by atoms with E-state index in [2.05, 4.69) is 30.4 Å². The number of hydrogen-bond acceptors (Lipinski definition) is 6. The molecule has 0 saturated carbocycles. The third-order valence-electron chi connectivity index (χ3n) is 4.61. The first-order chi connectivity index (χ1) is 12.3. The first kappa shape index (κ1) is 15.3. The van der Waals surface area contributed by atoms with Gasteiger partial charge in [0, 0.05) is 36.1 Å². The van der Waals surface area contributed by atoms with Gasteiger partial charge in [-0.05, 0) is 18.9 Å². The number of fused-ring (bicyclic) bond motifs is 3. The van der Waals surface area contributed by atoms with E-state index in [-0.39, 0.29) is 18.4 Å². The average Bonchev–Trinajstić information content (AvgIpc) is 3.11. The molecule has 1 saturated heterocycles. The zero-order valence-corrected chi connectivity index (χ0v) is 13.6. The molecule has 126 valence electrons. The van der Waals surface area contributed by atoms with Gasteiger partial charge in [0.1, 0.15) is 17.6 Å². The maximum absolute atomic E-state index is 11.6. The molecule has 0 aliphatic carbocycles. The minimum atomic E-state index is -0.197. The van der Waals surface area contributed by atoms with Gasteiger partial charge >= 0.3 is 0 Å². The molecule has 25 heavy (non-hydrogen) atoms. The molecule has 0 aromatic carbocycles. The Bertz CT molecular complexity index is 966. The molecular formula is C17H17N7O.